The third kappa shape index (κ3) is 3.29. The molecule has 0 aliphatic rings. The molecular weight excluding hydrogens is 174 g/mol. The molecule has 76 valence electrons. The van der Waals surface area contributed by atoms with Gasteiger partial charge in [-0.2, -0.15) is 0 Å². The SMILES string of the molecule is Cc1cccc(C(=O)CCC(C)C)n1. The molecule has 0 aromatic carbocycles. The Morgan fingerprint density at radius 1 is 1.43 bits per heavy atom. The number of aromatic nitrogens is 1. The summed E-state index contributed by atoms with van der Waals surface area (Å²) in [4.78, 5) is 15.8. The van der Waals surface area contributed by atoms with E-state index >= 15 is 0 Å². The third-order valence-electron chi connectivity index (χ3n) is 2.12. The number of pyridine rings is 1. The van der Waals surface area contributed by atoms with E-state index in [-0.39, 0.29) is 5.78 Å². The second-order valence-corrected chi connectivity index (χ2v) is 4.02. The zero-order valence-electron chi connectivity index (χ0n) is 9.08. The molecule has 1 aromatic rings. The second kappa shape index (κ2) is 4.89. The maximum Gasteiger partial charge on any atom is 0.181 e. The van der Waals surface area contributed by atoms with E-state index < -0.39 is 0 Å². The summed E-state index contributed by atoms with van der Waals surface area (Å²) in [6.45, 7) is 6.15. The molecule has 2 heteroatoms. The van der Waals surface area contributed by atoms with Crippen LogP contribution in [-0.4, -0.2) is 10.8 Å². The summed E-state index contributed by atoms with van der Waals surface area (Å²) < 4.78 is 0. The zero-order chi connectivity index (χ0) is 10.6. The molecule has 1 heterocycles. The molecule has 0 N–H and O–H groups in total. The van der Waals surface area contributed by atoms with Gasteiger partial charge in [-0.25, -0.2) is 0 Å². The van der Waals surface area contributed by atoms with Crippen LogP contribution < -0.4 is 0 Å². The molecule has 0 aliphatic heterocycles. The van der Waals surface area contributed by atoms with Crippen LogP contribution in [0.5, 0.6) is 0 Å². The van der Waals surface area contributed by atoms with E-state index in [1.165, 1.54) is 0 Å². The van der Waals surface area contributed by atoms with Crippen LogP contribution in [0.4, 0.5) is 0 Å². The van der Waals surface area contributed by atoms with E-state index in [1.807, 2.05) is 19.1 Å². The maximum absolute atomic E-state index is 11.6. The molecule has 0 bridgehead atoms. The van der Waals surface area contributed by atoms with Crippen LogP contribution in [0, 0.1) is 12.8 Å². The maximum atomic E-state index is 11.6. The third-order valence-corrected chi connectivity index (χ3v) is 2.12. The van der Waals surface area contributed by atoms with Gasteiger partial charge in [0.2, 0.25) is 0 Å². The van der Waals surface area contributed by atoms with Crippen molar-refractivity contribution >= 4 is 5.78 Å². The van der Waals surface area contributed by atoms with Gasteiger partial charge in [-0.05, 0) is 31.4 Å². The molecule has 2 nitrogen and oxygen atoms in total. The summed E-state index contributed by atoms with van der Waals surface area (Å²) in [6.07, 6.45) is 1.54. The number of hydrogen-bond acceptors (Lipinski definition) is 2. The first-order valence-electron chi connectivity index (χ1n) is 5.06. The Bertz CT molecular complexity index is 318. The first-order valence-corrected chi connectivity index (χ1v) is 5.06. The molecular formula is C12H17NO. The van der Waals surface area contributed by atoms with Crippen molar-refractivity contribution in [3.63, 3.8) is 0 Å². The fourth-order valence-electron chi connectivity index (χ4n) is 1.25. The van der Waals surface area contributed by atoms with Gasteiger partial charge in [-0.3, -0.25) is 9.78 Å². The second-order valence-electron chi connectivity index (χ2n) is 4.02. The summed E-state index contributed by atoms with van der Waals surface area (Å²) in [5.41, 5.74) is 1.51. The Morgan fingerprint density at radius 3 is 2.71 bits per heavy atom. The predicted octanol–water partition coefficient (Wildman–Crippen LogP) is 3.01. The Morgan fingerprint density at radius 2 is 2.14 bits per heavy atom. The van der Waals surface area contributed by atoms with Gasteiger partial charge >= 0.3 is 0 Å². The van der Waals surface area contributed by atoms with E-state index in [2.05, 4.69) is 18.8 Å². The standard InChI is InChI=1S/C12H17NO/c1-9(2)7-8-12(14)11-6-4-5-10(3)13-11/h4-6,9H,7-8H2,1-3H3. The summed E-state index contributed by atoms with van der Waals surface area (Å²) >= 11 is 0. The lowest BCUT2D eigenvalue weighted by Gasteiger charge is -2.03. The minimum Gasteiger partial charge on any atom is -0.292 e. The first-order chi connectivity index (χ1) is 6.59. The van der Waals surface area contributed by atoms with Crippen molar-refractivity contribution in [2.75, 3.05) is 0 Å². The highest BCUT2D eigenvalue weighted by Crippen LogP contribution is 2.08. The van der Waals surface area contributed by atoms with Gasteiger partial charge in [0.25, 0.3) is 0 Å². The van der Waals surface area contributed by atoms with Gasteiger partial charge in [0, 0.05) is 12.1 Å². The quantitative estimate of drug-likeness (QED) is 0.685. The van der Waals surface area contributed by atoms with Gasteiger partial charge in [-0.15, -0.1) is 0 Å². The lowest BCUT2D eigenvalue weighted by atomic mass is 10.0. The normalized spacial score (nSPS) is 10.6. The fraction of sp³-hybridized carbons (Fsp3) is 0.500. The van der Waals surface area contributed by atoms with Crippen molar-refractivity contribution in [2.45, 2.75) is 33.6 Å². The predicted molar refractivity (Wildman–Crippen MR) is 57.4 cm³/mol. The number of ketones is 1. The van der Waals surface area contributed by atoms with Crippen molar-refractivity contribution in [1.29, 1.82) is 0 Å². The van der Waals surface area contributed by atoms with Crippen LogP contribution >= 0.6 is 0 Å². The highest BCUT2D eigenvalue weighted by atomic mass is 16.1. The van der Waals surface area contributed by atoms with Crippen molar-refractivity contribution in [1.82, 2.24) is 4.98 Å². The number of carbonyl (C=O) groups is 1. The molecule has 0 atom stereocenters. The molecule has 0 aliphatic carbocycles. The molecule has 0 spiro atoms. The number of rotatable bonds is 4. The number of Topliss-reactive ketones (excluding diaryl/α,β-unsaturated/α-hetero) is 1. The van der Waals surface area contributed by atoms with Gasteiger partial charge in [0.1, 0.15) is 5.69 Å². The Balaban J connectivity index is 2.61. The molecule has 14 heavy (non-hydrogen) atoms. The number of carbonyl (C=O) groups excluding carboxylic acids is 1. The summed E-state index contributed by atoms with van der Waals surface area (Å²) in [5, 5.41) is 0. The number of nitrogens with zero attached hydrogens (tertiary/aromatic N) is 1. The minimum atomic E-state index is 0.155. The summed E-state index contributed by atoms with van der Waals surface area (Å²) in [6, 6.07) is 5.57. The summed E-state index contributed by atoms with van der Waals surface area (Å²) in [5.74, 6) is 0.728. The van der Waals surface area contributed by atoms with E-state index in [0.29, 0.717) is 18.0 Å². The molecule has 0 saturated carbocycles. The van der Waals surface area contributed by atoms with Gasteiger partial charge in [0.05, 0.1) is 0 Å². The largest absolute Gasteiger partial charge is 0.292 e. The van der Waals surface area contributed by atoms with Crippen molar-refractivity contribution in [2.24, 2.45) is 5.92 Å². The Kier molecular flexibility index (Phi) is 3.81. The number of aryl methyl sites for hydroxylation is 1. The van der Waals surface area contributed by atoms with Gasteiger partial charge in [0.15, 0.2) is 5.78 Å². The molecule has 0 fully saturated rings. The van der Waals surface area contributed by atoms with Crippen LogP contribution in [0.15, 0.2) is 18.2 Å². The molecule has 0 unspecified atom stereocenters. The van der Waals surface area contributed by atoms with E-state index in [0.717, 1.165) is 12.1 Å². The zero-order valence-corrected chi connectivity index (χ0v) is 9.08. The lowest BCUT2D eigenvalue weighted by molar-refractivity contribution is 0.0970. The summed E-state index contributed by atoms with van der Waals surface area (Å²) in [7, 11) is 0. The van der Waals surface area contributed by atoms with E-state index in [9.17, 15) is 4.79 Å². The Hall–Kier alpha value is -1.18. The van der Waals surface area contributed by atoms with Crippen LogP contribution in [0.25, 0.3) is 0 Å². The molecule has 0 amide bonds. The minimum absolute atomic E-state index is 0.155. The van der Waals surface area contributed by atoms with Crippen molar-refractivity contribution in [3.05, 3.63) is 29.6 Å². The van der Waals surface area contributed by atoms with E-state index in [4.69, 9.17) is 0 Å². The van der Waals surface area contributed by atoms with Crippen LogP contribution in [0.3, 0.4) is 0 Å². The van der Waals surface area contributed by atoms with Crippen molar-refractivity contribution < 1.29 is 4.79 Å². The fourth-order valence-corrected chi connectivity index (χ4v) is 1.25. The average molecular weight is 191 g/mol. The smallest absolute Gasteiger partial charge is 0.181 e. The molecule has 0 saturated heterocycles. The number of hydrogen-bond donors (Lipinski definition) is 0. The average Bonchev–Trinajstić information content (AvgIpc) is 2.14. The first kappa shape index (κ1) is 10.9. The van der Waals surface area contributed by atoms with E-state index in [1.54, 1.807) is 6.07 Å². The van der Waals surface area contributed by atoms with Crippen LogP contribution in [0.1, 0.15) is 42.9 Å². The molecule has 1 aromatic heterocycles. The van der Waals surface area contributed by atoms with Gasteiger partial charge < -0.3 is 0 Å². The Labute approximate surface area is 85.4 Å². The monoisotopic (exact) mass is 191 g/mol. The van der Waals surface area contributed by atoms with Crippen molar-refractivity contribution in [3.8, 4) is 0 Å². The van der Waals surface area contributed by atoms with Crippen LogP contribution in [-0.2, 0) is 0 Å². The topological polar surface area (TPSA) is 30.0 Å². The molecule has 0 radical (unpaired) electrons. The van der Waals surface area contributed by atoms with Crippen LogP contribution in [0.2, 0.25) is 0 Å². The highest BCUT2D eigenvalue weighted by Gasteiger charge is 2.07. The van der Waals surface area contributed by atoms with Gasteiger partial charge in [-0.1, -0.05) is 19.9 Å². The highest BCUT2D eigenvalue weighted by molar-refractivity contribution is 5.94. The lowest BCUT2D eigenvalue weighted by Crippen LogP contribution is -2.04. The molecule has 1 rings (SSSR count).